The lowest BCUT2D eigenvalue weighted by atomic mass is 9.87. The fraction of sp³-hybridized carbons (Fsp3) is 0.500. The Morgan fingerprint density at radius 1 is 1.27 bits per heavy atom. The first-order valence-corrected chi connectivity index (χ1v) is 5.10. The van der Waals surface area contributed by atoms with Crippen molar-refractivity contribution < 1.29 is 9.23 Å². The summed E-state index contributed by atoms with van der Waals surface area (Å²) in [4.78, 5) is 4.65. The molecule has 15 heavy (non-hydrogen) atoms. The lowest BCUT2D eigenvalue weighted by Crippen LogP contribution is -2.22. The molecule has 0 radical (unpaired) electrons. The Labute approximate surface area is 90.2 Å². The molecule has 3 heteroatoms. The zero-order valence-electron chi connectivity index (χ0n) is 9.29. The van der Waals surface area contributed by atoms with Gasteiger partial charge in [-0.2, -0.15) is 0 Å². The number of nitrogens with two attached hydrogens (primary N) is 1. The summed E-state index contributed by atoms with van der Waals surface area (Å²) < 4.78 is 12.6. The highest BCUT2D eigenvalue weighted by molar-refractivity contribution is 5.16. The van der Waals surface area contributed by atoms with Crippen LogP contribution in [0.15, 0.2) is 24.3 Å². The molecule has 0 saturated heterocycles. The first-order valence-electron chi connectivity index (χ1n) is 5.10. The van der Waals surface area contributed by atoms with E-state index in [9.17, 15) is 4.39 Å². The molecule has 1 aromatic rings. The molecule has 0 aliphatic carbocycles. The highest BCUT2D eigenvalue weighted by Gasteiger charge is 2.17. The average Bonchev–Trinajstić information content (AvgIpc) is 2.17. The van der Waals surface area contributed by atoms with Gasteiger partial charge in [0.05, 0.1) is 6.61 Å². The summed E-state index contributed by atoms with van der Waals surface area (Å²) in [5.41, 5.74) is 1.20. The summed E-state index contributed by atoms with van der Waals surface area (Å²) in [6.07, 6.45) is 1.88. The minimum Gasteiger partial charge on any atom is -0.304 e. The molecule has 1 rings (SSSR count). The molecule has 0 aromatic heterocycles. The largest absolute Gasteiger partial charge is 0.304 e. The van der Waals surface area contributed by atoms with Crippen molar-refractivity contribution in [2.75, 3.05) is 6.61 Å². The number of rotatable bonds is 5. The van der Waals surface area contributed by atoms with Crippen LogP contribution in [0.2, 0.25) is 0 Å². The van der Waals surface area contributed by atoms with Crippen molar-refractivity contribution in [3.8, 4) is 0 Å². The normalized spacial score (nSPS) is 11.7. The summed E-state index contributed by atoms with van der Waals surface area (Å²) in [7, 11) is 0. The zero-order chi connectivity index (χ0) is 11.3. The fourth-order valence-corrected chi connectivity index (χ4v) is 1.43. The maximum absolute atomic E-state index is 12.6. The first-order chi connectivity index (χ1) is 7.03. The third-order valence-corrected chi connectivity index (χ3v) is 2.48. The smallest absolute Gasteiger partial charge is 0.123 e. The lowest BCUT2D eigenvalue weighted by molar-refractivity contribution is 0.0583. The van der Waals surface area contributed by atoms with E-state index in [1.807, 2.05) is 12.1 Å². The van der Waals surface area contributed by atoms with Crippen LogP contribution in [0.1, 0.15) is 25.8 Å². The van der Waals surface area contributed by atoms with Crippen molar-refractivity contribution in [3.63, 3.8) is 0 Å². The maximum Gasteiger partial charge on any atom is 0.123 e. The van der Waals surface area contributed by atoms with Gasteiger partial charge < -0.3 is 4.84 Å². The SMILES string of the molecule is CC(C)(CCc1ccc(F)cc1)CON. The van der Waals surface area contributed by atoms with Crippen molar-refractivity contribution in [1.82, 2.24) is 0 Å². The van der Waals surface area contributed by atoms with E-state index in [1.54, 1.807) is 0 Å². The Kier molecular flexibility index (Phi) is 4.24. The van der Waals surface area contributed by atoms with Crippen molar-refractivity contribution in [2.45, 2.75) is 26.7 Å². The molecular weight excluding hydrogens is 193 g/mol. The van der Waals surface area contributed by atoms with Gasteiger partial charge in [0.2, 0.25) is 0 Å². The summed E-state index contributed by atoms with van der Waals surface area (Å²) in [5.74, 6) is 4.86. The van der Waals surface area contributed by atoms with Gasteiger partial charge in [0.25, 0.3) is 0 Å². The summed E-state index contributed by atoms with van der Waals surface area (Å²) in [5, 5.41) is 0. The average molecular weight is 211 g/mol. The Balaban J connectivity index is 2.46. The molecule has 0 aliphatic heterocycles. The van der Waals surface area contributed by atoms with Crippen LogP contribution in [0.4, 0.5) is 4.39 Å². The van der Waals surface area contributed by atoms with Crippen molar-refractivity contribution in [1.29, 1.82) is 0 Å². The van der Waals surface area contributed by atoms with Gasteiger partial charge in [0.15, 0.2) is 0 Å². The van der Waals surface area contributed by atoms with Gasteiger partial charge in [-0.15, -0.1) is 0 Å². The van der Waals surface area contributed by atoms with E-state index in [-0.39, 0.29) is 11.2 Å². The molecule has 0 atom stereocenters. The third-order valence-electron chi connectivity index (χ3n) is 2.48. The predicted octanol–water partition coefficient (Wildman–Crippen LogP) is 2.67. The van der Waals surface area contributed by atoms with Crippen molar-refractivity contribution in [2.24, 2.45) is 11.3 Å². The van der Waals surface area contributed by atoms with Crippen molar-refractivity contribution >= 4 is 0 Å². The summed E-state index contributed by atoms with van der Waals surface area (Å²) in [6, 6.07) is 6.60. The number of benzene rings is 1. The number of halogens is 1. The van der Waals surface area contributed by atoms with Crippen LogP contribution in [-0.2, 0) is 11.3 Å². The molecule has 0 spiro atoms. The van der Waals surface area contributed by atoms with E-state index in [4.69, 9.17) is 5.90 Å². The van der Waals surface area contributed by atoms with Gasteiger partial charge in [-0.3, -0.25) is 0 Å². The van der Waals surface area contributed by atoms with E-state index in [0.717, 1.165) is 18.4 Å². The minimum atomic E-state index is -0.191. The van der Waals surface area contributed by atoms with Gasteiger partial charge in [-0.25, -0.2) is 10.3 Å². The van der Waals surface area contributed by atoms with Gasteiger partial charge >= 0.3 is 0 Å². The lowest BCUT2D eigenvalue weighted by Gasteiger charge is -2.22. The molecule has 2 N–H and O–H groups in total. The third kappa shape index (κ3) is 4.40. The fourth-order valence-electron chi connectivity index (χ4n) is 1.43. The van der Waals surface area contributed by atoms with Crippen LogP contribution in [0.3, 0.4) is 0 Å². The number of aryl methyl sites for hydroxylation is 1. The quantitative estimate of drug-likeness (QED) is 0.760. The van der Waals surface area contributed by atoms with Crippen LogP contribution in [0.25, 0.3) is 0 Å². The van der Waals surface area contributed by atoms with Crippen molar-refractivity contribution in [3.05, 3.63) is 35.6 Å². The van der Waals surface area contributed by atoms with Gasteiger partial charge in [0.1, 0.15) is 5.82 Å². The standard InChI is InChI=1S/C12H18FNO/c1-12(2,9-15-14)8-7-10-3-5-11(13)6-4-10/h3-6H,7-9,14H2,1-2H3. The molecule has 0 amide bonds. The number of hydrogen-bond donors (Lipinski definition) is 1. The Morgan fingerprint density at radius 3 is 2.40 bits per heavy atom. The molecule has 2 nitrogen and oxygen atoms in total. The monoisotopic (exact) mass is 211 g/mol. The second kappa shape index (κ2) is 5.24. The highest BCUT2D eigenvalue weighted by atomic mass is 19.1. The predicted molar refractivity (Wildman–Crippen MR) is 58.6 cm³/mol. The Hall–Kier alpha value is -0.930. The van der Waals surface area contributed by atoms with E-state index in [2.05, 4.69) is 18.7 Å². The van der Waals surface area contributed by atoms with E-state index in [1.165, 1.54) is 12.1 Å². The minimum absolute atomic E-state index is 0.0587. The highest BCUT2D eigenvalue weighted by Crippen LogP contribution is 2.22. The molecule has 1 aromatic carbocycles. The van der Waals surface area contributed by atoms with Gasteiger partial charge in [0, 0.05) is 0 Å². The summed E-state index contributed by atoms with van der Waals surface area (Å²) >= 11 is 0. The van der Waals surface area contributed by atoms with Gasteiger partial charge in [-0.05, 0) is 36.0 Å². The molecule has 0 fully saturated rings. The maximum atomic E-state index is 12.6. The van der Waals surface area contributed by atoms with Crippen LogP contribution in [-0.4, -0.2) is 6.61 Å². The molecule has 84 valence electrons. The molecule has 0 aliphatic rings. The molecule has 0 unspecified atom stereocenters. The molecule has 0 saturated carbocycles. The van der Waals surface area contributed by atoms with Crippen LogP contribution in [0.5, 0.6) is 0 Å². The van der Waals surface area contributed by atoms with Crippen LogP contribution < -0.4 is 5.90 Å². The van der Waals surface area contributed by atoms with E-state index < -0.39 is 0 Å². The first kappa shape index (κ1) is 12.1. The molecular formula is C12H18FNO. The summed E-state index contributed by atoms with van der Waals surface area (Å²) in [6.45, 7) is 4.74. The zero-order valence-corrected chi connectivity index (χ0v) is 9.29. The molecule has 0 heterocycles. The second-order valence-corrected chi connectivity index (χ2v) is 4.60. The van der Waals surface area contributed by atoms with E-state index in [0.29, 0.717) is 6.61 Å². The van der Waals surface area contributed by atoms with E-state index >= 15 is 0 Å². The second-order valence-electron chi connectivity index (χ2n) is 4.60. The molecule has 0 bridgehead atoms. The van der Waals surface area contributed by atoms with Crippen LogP contribution in [0, 0.1) is 11.2 Å². The van der Waals surface area contributed by atoms with Gasteiger partial charge in [-0.1, -0.05) is 26.0 Å². The number of hydrogen-bond acceptors (Lipinski definition) is 2. The van der Waals surface area contributed by atoms with Crippen LogP contribution >= 0.6 is 0 Å². The Morgan fingerprint density at radius 2 is 1.87 bits per heavy atom. The Bertz CT molecular complexity index is 295. The topological polar surface area (TPSA) is 35.2 Å².